The highest BCUT2D eigenvalue weighted by molar-refractivity contribution is 9.10. The molecule has 1 atom stereocenters. The Morgan fingerprint density at radius 1 is 1.62 bits per heavy atom. The average Bonchev–Trinajstić information content (AvgIpc) is 2.64. The van der Waals surface area contributed by atoms with E-state index in [1.165, 1.54) is 12.4 Å². The van der Waals surface area contributed by atoms with Gasteiger partial charge in [-0.15, -0.1) is 0 Å². The lowest BCUT2D eigenvalue weighted by atomic mass is 10.3. The summed E-state index contributed by atoms with van der Waals surface area (Å²) in [6.07, 6.45) is 2.96. The van der Waals surface area contributed by atoms with Crippen LogP contribution in [0.2, 0.25) is 0 Å². The van der Waals surface area contributed by atoms with Crippen molar-refractivity contribution in [3.63, 3.8) is 0 Å². The molecule has 6 nitrogen and oxygen atoms in total. The fraction of sp³-hybridized carbons (Fsp3) is 0.444. The van der Waals surface area contributed by atoms with Gasteiger partial charge >= 0.3 is 5.69 Å². The van der Waals surface area contributed by atoms with Crippen molar-refractivity contribution >= 4 is 27.3 Å². The second-order valence-electron chi connectivity index (χ2n) is 3.63. The first kappa shape index (κ1) is 11.3. The van der Waals surface area contributed by atoms with Crippen LogP contribution in [0.25, 0.3) is 0 Å². The molecule has 2 heterocycles. The summed E-state index contributed by atoms with van der Waals surface area (Å²) in [7, 11) is 0. The summed E-state index contributed by atoms with van der Waals surface area (Å²) in [5.74, 6) is 0. The number of aliphatic hydroxyl groups excluding tert-OH is 1. The maximum atomic E-state index is 10.9. The highest BCUT2D eigenvalue weighted by Gasteiger charge is 2.28. The summed E-state index contributed by atoms with van der Waals surface area (Å²) in [4.78, 5) is 16.0. The van der Waals surface area contributed by atoms with E-state index in [1.807, 2.05) is 0 Å². The predicted octanol–water partition coefficient (Wildman–Crippen LogP) is 1.32. The Morgan fingerprint density at radius 3 is 2.94 bits per heavy atom. The number of nitro groups is 1. The van der Waals surface area contributed by atoms with Crippen molar-refractivity contribution in [2.24, 2.45) is 0 Å². The Balaban J connectivity index is 2.42. The maximum Gasteiger partial charge on any atom is 0.311 e. The van der Waals surface area contributed by atoms with Crippen molar-refractivity contribution in [2.45, 2.75) is 12.5 Å². The first-order chi connectivity index (χ1) is 7.59. The lowest BCUT2D eigenvalue weighted by Crippen LogP contribution is -2.22. The molecule has 0 spiro atoms. The van der Waals surface area contributed by atoms with Crippen molar-refractivity contribution < 1.29 is 10.0 Å². The number of β-amino-alcohol motifs (C(OH)–C–C–N with tert-alkyl or cyclic N) is 1. The Kier molecular flexibility index (Phi) is 3.06. The average molecular weight is 288 g/mol. The van der Waals surface area contributed by atoms with Crippen molar-refractivity contribution in [2.75, 3.05) is 18.0 Å². The molecule has 0 radical (unpaired) electrons. The molecule has 1 aliphatic rings. The number of anilines is 1. The van der Waals surface area contributed by atoms with Crippen LogP contribution >= 0.6 is 15.9 Å². The topological polar surface area (TPSA) is 79.5 Å². The van der Waals surface area contributed by atoms with Gasteiger partial charge in [-0.2, -0.15) is 0 Å². The molecule has 1 aliphatic heterocycles. The summed E-state index contributed by atoms with van der Waals surface area (Å²) in [5, 5.41) is 20.3. The summed E-state index contributed by atoms with van der Waals surface area (Å²) in [6.45, 7) is 1.04. The molecule has 1 saturated heterocycles. The number of hydrogen-bond acceptors (Lipinski definition) is 5. The van der Waals surface area contributed by atoms with E-state index in [4.69, 9.17) is 0 Å². The number of pyridine rings is 1. The predicted molar refractivity (Wildman–Crippen MR) is 61.4 cm³/mol. The van der Waals surface area contributed by atoms with Crippen LogP contribution in [0.5, 0.6) is 0 Å². The monoisotopic (exact) mass is 287 g/mol. The Hall–Kier alpha value is -1.21. The second-order valence-corrected chi connectivity index (χ2v) is 4.49. The van der Waals surface area contributed by atoms with E-state index < -0.39 is 11.0 Å². The van der Waals surface area contributed by atoms with Gasteiger partial charge in [-0.3, -0.25) is 15.1 Å². The molecule has 1 unspecified atom stereocenters. The van der Waals surface area contributed by atoms with Gasteiger partial charge in [-0.05, 0) is 22.4 Å². The first-order valence-corrected chi connectivity index (χ1v) is 5.60. The molecule has 0 amide bonds. The molecular formula is C9H10BrN3O3. The number of aromatic nitrogens is 1. The smallest absolute Gasteiger partial charge is 0.311 e. The number of rotatable bonds is 2. The Bertz CT molecular complexity index is 426. The van der Waals surface area contributed by atoms with Crippen LogP contribution in [0.3, 0.4) is 0 Å². The molecule has 2 rings (SSSR count). The third-order valence-electron chi connectivity index (χ3n) is 2.53. The van der Waals surface area contributed by atoms with Crippen LogP contribution in [0.15, 0.2) is 16.9 Å². The van der Waals surface area contributed by atoms with Gasteiger partial charge in [0.2, 0.25) is 0 Å². The highest BCUT2D eigenvalue weighted by Crippen LogP contribution is 2.36. The SMILES string of the molecule is O=[N+]([O-])c1cncc(Br)c1N1CCC(O)C1. The summed E-state index contributed by atoms with van der Waals surface area (Å²) < 4.78 is 0.579. The van der Waals surface area contributed by atoms with Gasteiger partial charge in [-0.25, -0.2) is 0 Å². The second kappa shape index (κ2) is 4.34. The fourth-order valence-corrected chi connectivity index (χ4v) is 2.38. The highest BCUT2D eigenvalue weighted by atomic mass is 79.9. The van der Waals surface area contributed by atoms with Crippen LogP contribution in [-0.4, -0.2) is 34.2 Å². The van der Waals surface area contributed by atoms with E-state index in [9.17, 15) is 15.2 Å². The summed E-state index contributed by atoms with van der Waals surface area (Å²) in [6, 6.07) is 0. The zero-order valence-electron chi connectivity index (χ0n) is 8.34. The van der Waals surface area contributed by atoms with Crippen LogP contribution in [0, 0.1) is 10.1 Å². The minimum Gasteiger partial charge on any atom is -0.391 e. The molecule has 1 aromatic heterocycles. The minimum atomic E-state index is -0.461. The largest absolute Gasteiger partial charge is 0.391 e. The Morgan fingerprint density at radius 2 is 2.38 bits per heavy atom. The summed E-state index contributed by atoms with van der Waals surface area (Å²) in [5.41, 5.74) is 0.458. The van der Waals surface area contributed by atoms with Crippen LogP contribution in [-0.2, 0) is 0 Å². The molecule has 1 fully saturated rings. The normalized spacial score (nSPS) is 20.1. The van der Waals surface area contributed by atoms with Gasteiger partial charge in [0.15, 0.2) is 0 Å². The molecule has 1 N–H and O–H groups in total. The van der Waals surface area contributed by atoms with Crippen molar-refractivity contribution in [1.82, 2.24) is 4.98 Å². The lowest BCUT2D eigenvalue weighted by molar-refractivity contribution is -0.384. The molecule has 0 aliphatic carbocycles. The molecule has 86 valence electrons. The third-order valence-corrected chi connectivity index (χ3v) is 3.11. The minimum absolute atomic E-state index is 0.0384. The number of aliphatic hydroxyl groups is 1. The zero-order valence-corrected chi connectivity index (χ0v) is 9.92. The number of nitrogens with zero attached hydrogens (tertiary/aromatic N) is 3. The van der Waals surface area contributed by atoms with E-state index in [0.717, 1.165) is 0 Å². The van der Waals surface area contributed by atoms with E-state index in [-0.39, 0.29) is 5.69 Å². The van der Waals surface area contributed by atoms with Crippen molar-refractivity contribution in [3.05, 3.63) is 27.0 Å². The van der Waals surface area contributed by atoms with Gasteiger partial charge < -0.3 is 10.0 Å². The number of hydrogen-bond donors (Lipinski definition) is 1. The van der Waals surface area contributed by atoms with Crippen LogP contribution in [0.1, 0.15) is 6.42 Å². The standard InChI is InChI=1S/C9H10BrN3O3/c10-7-3-11-4-8(13(15)16)9(7)12-2-1-6(14)5-12/h3-4,6,14H,1-2,5H2. The lowest BCUT2D eigenvalue weighted by Gasteiger charge is -2.18. The Labute approximate surface area is 100 Å². The van der Waals surface area contributed by atoms with Crippen molar-refractivity contribution in [1.29, 1.82) is 0 Å². The summed E-state index contributed by atoms with van der Waals surface area (Å²) >= 11 is 3.26. The molecule has 0 saturated carbocycles. The van der Waals surface area contributed by atoms with E-state index in [2.05, 4.69) is 20.9 Å². The zero-order chi connectivity index (χ0) is 11.7. The third kappa shape index (κ3) is 2.00. The van der Waals surface area contributed by atoms with Crippen LogP contribution < -0.4 is 4.90 Å². The number of halogens is 1. The molecule has 7 heteroatoms. The van der Waals surface area contributed by atoms with Gasteiger partial charge in [-0.1, -0.05) is 0 Å². The quantitative estimate of drug-likeness (QED) is 0.656. The van der Waals surface area contributed by atoms with E-state index in [1.54, 1.807) is 4.90 Å². The molecular weight excluding hydrogens is 278 g/mol. The molecule has 16 heavy (non-hydrogen) atoms. The van der Waals surface area contributed by atoms with Gasteiger partial charge in [0.05, 0.1) is 15.5 Å². The molecule has 0 aromatic carbocycles. The fourth-order valence-electron chi connectivity index (χ4n) is 1.81. The van der Waals surface area contributed by atoms with Gasteiger partial charge in [0, 0.05) is 19.3 Å². The van der Waals surface area contributed by atoms with E-state index in [0.29, 0.717) is 29.7 Å². The van der Waals surface area contributed by atoms with E-state index >= 15 is 0 Å². The molecule has 1 aromatic rings. The first-order valence-electron chi connectivity index (χ1n) is 4.80. The van der Waals surface area contributed by atoms with Gasteiger partial charge in [0.25, 0.3) is 0 Å². The van der Waals surface area contributed by atoms with Gasteiger partial charge in [0.1, 0.15) is 11.9 Å². The van der Waals surface area contributed by atoms with Crippen LogP contribution in [0.4, 0.5) is 11.4 Å². The van der Waals surface area contributed by atoms with Crippen molar-refractivity contribution in [3.8, 4) is 0 Å². The molecule has 0 bridgehead atoms. The maximum absolute atomic E-state index is 10.9.